The van der Waals surface area contributed by atoms with Crippen molar-refractivity contribution in [1.29, 1.82) is 0 Å². The Hall–Kier alpha value is -0.590. The molecule has 0 aromatic heterocycles. The highest BCUT2D eigenvalue weighted by Crippen LogP contribution is 2.14. The molecule has 0 heterocycles. The number of nitrogens with zero attached hydrogens (tertiary/aromatic N) is 1. The van der Waals surface area contributed by atoms with Crippen molar-refractivity contribution in [2.24, 2.45) is 10.9 Å². The molecule has 1 heteroatoms. The summed E-state index contributed by atoms with van der Waals surface area (Å²) < 4.78 is 0. The summed E-state index contributed by atoms with van der Waals surface area (Å²) in [6, 6.07) is 0.533. The van der Waals surface area contributed by atoms with Crippen LogP contribution >= 0.6 is 0 Å². The molecular weight excluding hydrogens is 218 g/mol. The lowest BCUT2D eigenvalue weighted by Crippen LogP contribution is -2.02. The maximum absolute atomic E-state index is 4.66. The van der Waals surface area contributed by atoms with E-state index < -0.39 is 0 Å². The van der Waals surface area contributed by atoms with E-state index in [1.54, 1.807) is 0 Å². The van der Waals surface area contributed by atoms with Crippen LogP contribution in [0.25, 0.3) is 0 Å². The summed E-state index contributed by atoms with van der Waals surface area (Å²) in [5.74, 6) is 0.752. The lowest BCUT2D eigenvalue weighted by Gasteiger charge is -2.09. The monoisotopic (exact) mass is 251 g/mol. The molecule has 0 radical (unpaired) electrons. The molecule has 0 aliphatic carbocycles. The lowest BCUT2D eigenvalue weighted by atomic mass is 9.98. The standard InChI is InChI=1S/C17H33N/c1-5-9-14-17(8-4)18-15-10-13-16(11-6-2)12-7-3/h10,13,15-17H,5-9,11-12,14H2,1-4H3/b13-10-,18-15?/t17-/m1/s1. The molecule has 106 valence electrons. The average molecular weight is 251 g/mol. The summed E-state index contributed by atoms with van der Waals surface area (Å²) in [7, 11) is 0. The summed E-state index contributed by atoms with van der Waals surface area (Å²) in [5, 5.41) is 0. The fourth-order valence-corrected chi connectivity index (χ4v) is 2.28. The van der Waals surface area contributed by atoms with E-state index in [1.807, 2.05) is 6.21 Å². The molecule has 0 N–H and O–H groups in total. The van der Waals surface area contributed by atoms with Crippen LogP contribution in [0.4, 0.5) is 0 Å². The zero-order chi connectivity index (χ0) is 13.6. The van der Waals surface area contributed by atoms with Gasteiger partial charge in [0.05, 0.1) is 0 Å². The number of allylic oxidation sites excluding steroid dienone is 2. The van der Waals surface area contributed by atoms with Gasteiger partial charge in [-0.1, -0.05) is 59.5 Å². The first-order valence-corrected chi connectivity index (χ1v) is 7.98. The fraction of sp³-hybridized carbons (Fsp3) is 0.824. The maximum atomic E-state index is 4.66. The molecule has 1 atom stereocenters. The SMILES string of the molecule is CCCC[C@@H](CC)N=C/C=C\C(CCC)CCC. The van der Waals surface area contributed by atoms with Crippen molar-refractivity contribution in [2.75, 3.05) is 0 Å². The van der Waals surface area contributed by atoms with Gasteiger partial charge < -0.3 is 0 Å². The Labute approximate surface area is 115 Å². The molecule has 18 heavy (non-hydrogen) atoms. The largest absolute Gasteiger partial charge is 0.290 e. The smallest absolute Gasteiger partial charge is 0.0497 e. The van der Waals surface area contributed by atoms with Gasteiger partial charge in [0.2, 0.25) is 0 Å². The number of unbranched alkanes of at least 4 members (excludes halogenated alkanes) is 1. The third-order valence-electron chi connectivity index (χ3n) is 3.45. The predicted molar refractivity (Wildman–Crippen MR) is 84.5 cm³/mol. The molecule has 0 amide bonds. The molecule has 0 saturated carbocycles. The number of rotatable bonds is 11. The van der Waals surface area contributed by atoms with Crippen LogP contribution in [0.2, 0.25) is 0 Å². The molecule has 0 saturated heterocycles. The summed E-state index contributed by atoms with van der Waals surface area (Å²) in [6.07, 6.45) is 16.7. The zero-order valence-electron chi connectivity index (χ0n) is 13.0. The van der Waals surface area contributed by atoms with Crippen molar-refractivity contribution < 1.29 is 0 Å². The topological polar surface area (TPSA) is 12.4 Å². The van der Waals surface area contributed by atoms with Crippen molar-refractivity contribution in [3.8, 4) is 0 Å². The van der Waals surface area contributed by atoms with Crippen molar-refractivity contribution in [1.82, 2.24) is 0 Å². The molecule has 0 fully saturated rings. The van der Waals surface area contributed by atoms with Crippen molar-refractivity contribution in [3.05, 3.63) is 12.2 Å². The highest BCUT2D eigenvalue weighted by atomic mass is 14.8. The zero-order valence-corrected chi connectivity index (χ0v) is 13.0. The second-order valence-electron chi connectivity index (χ2n) is 5.22. The number of hydrogen-bond acceptors (Lipinski definition) is 1. The number of aliphatic imine (C=N–C) groups is 1. The van der Waals surface area contributed by atoms with Gasteiger partial charge in [-0.2, -0.15) is 0 Å². The minimum absolute atomic E-state index is 0.533. The van der Waals surface area contributed by atoms with Gasteiger partial charge in [0.15, 0.2) is 0 Å². The van der Waals surface area contributed by atoms with E-state index >= 15 is 0 Å². The minimum Gasteiger partial charge on any atom is -0.290 e. The quantitative estimate of drug-likeness (QED) is 0.412. The van der Waals surface area contributed by atoms with E-state index in [1.165, 1.54) is 44.9 Å². The van der Waals surface area contributed by atoms with Gasteiger partial charge in [0, 0.05) is 12.3 Å². The lowest BCUT2D eigenvalue weighted by molar-refractivity contribution is 0.530. The van der Waals surface area contributed by atoms with Crippen molar-refractivity contribution in [3.63, 3.8) is 0 Å². The Morgan fingerprint density at radius 3 is 2.06 bits per heavy atom. The Morgan fingerprint density at radius 2 is 1.56 bits per heavy atom. The molecule has 0 aliphatic heterocycles. The van der Waals surface area contributed by atoms with E-state index in [-0.39, 0.29) is 0 Å². The Morgan fingerprint density at radius 1 is 0.889 bits per heavy atom. The van der Waals surface area contributed by atoms with Crippen LogP contribution in [-0.4, -0.2) is 12.3 Å². The Balaban J connectivity index is 4.07. The second kappa shape index (κ2) is 12.9. The highest BCUT2D eigenvalue weighted by molar-refractivity contribution is 5.71. The molecule has 1 nitrogen and oxygen atoms in total. The van der Waals surface area contributed by atoms with Gasteiger partial charge in [0.25, 0.3) is 0 Å². The van der Waals surface area contributed by atoms with E-state index in [0.717, 1.165) is 12.3 Å². The van der Waals surface area contributed by atoms with Crippen LogP contribution in [0.15, 0.2) is 17.1 Å². The highest BCUT2D eigenvalue weighted by Gasteiger charge is 2.02. The molecular formula is C17H33N. The molecule has 0 spiro atoms. The Bertz CT molecular complexity index is 212. The van der Waals surface area contributed by atoms with Gasteiger partial charge in [-0.15, -0.1) is 0 Å². The van der Waals surface area contributed by atoms with E-state index in [4.69, 9.17) is 0 Å². The van der Waals surface area contributed by atoms with Crippen LogP contribution in [0.3, 0.4) is 0 Å². The molecule has 0 unspecified atom stereocenters. The summed E-state index contributed by atoms with van der Waals surface area (Å²) in [4.78, 5) is 4.66. The maximum Gasteiger partial charge on any atom is 0.0497 e. The summed E-state index contributed by atoms with van der Waals surface area (Å²) >= 11 is 0. The van der Waals surface area contributed by atoms with E-state index in [2.05, 4.69) is 44.8 Å². The van der Waals surface area contributed by atoms with Crippen LogP contribution in [-0.2, 0) is 0 Å². The first-order valence-electron chi connectivity index (χ1n) is 7.98. The van der Waals surface area contributed by atoms with Crippen molar-refractivity contribution >= 4 is 6.21 Å². The predicted octanol–water partition coefficient (Wildman–Crippen LogP) is 5.80. The fourth-order valence-electron chi connectivity index (χ4n) is 2.28. The summed E-state index contributed by atoms with van der Waals surface area (Å²) in [5.41, 5.74) is 0. The van der Waals surface area contributed by atoms with E-state index in [9.17, 15) is 0 Å². The average Bonchev–Trinajstić information content (AvgIpc) is 2.38. The summed E-state index contributed by atoms with van der Waals surface area (Å²) in [6.45, 7) is 9.01. The van der Waals surface area contributed by atoms with E-state index in [0.29, 0.717) is 6.04 Å². The van der Waals surface area contributed by atoms with Gasteiger partial charge in [-0.3, -0.25) is 4.99 Å². The van der Waals surface area contributed by atoms with Crippen LogP contribution in [0.1, 0.15) is 79.1 Å². The van der Waals surface area contributed by atoms with Crippen molar-refractivity contribution in [2.45, 2.75) is 85.1 Å². The molecule has 0 rings (SSSR count). The Kier molecular flexibility index (Phi) is 12.4. The third kappa shape index (κ3) is 9.44. The van der Waals surface area contributed by atoms with Gasteiger partial charge in [0.1, 0.15) is 0 Å². The molecule has 0 aromatic rings. The molecule has 0 bridgehead atoms. The first kappa shape index (κ1) is 17.4. The molecule has 0 aliphatic rings. The third-order valence-corrected chi connectivity index (χ3v) is 3.45. The van der Waals surface area contributed by atoms with Crippen LogP contribution in [0, 0.1) is 5.92 Å². The van der Waals surface area contributed by atoms with Crippen LogP contribution < -0.4 is 0 Å². The minimum atomic E-state index is 0.533. The number of hydrogen-bond donors (Lipinski definition) is 0. The van der Waals surface area contributed by atoms with Gasteiger partial charge in [-0.25, -0.2) is 0 Å². The van der Waals surface area contributed by atoms with Gasteiger partial charge in [-0.05, 0) is 37.7 Å². The molecule has 0 aromatic carbocycles. The normalized spacial score (nSPS) is 14.1. The van der Waals surface area contributed by atoms with Gasteiger partial charge >= 0.3 is 0 Å². The second-order valence-corrected chi connectivity index (χ2v) is 5.22. The first-order chi connectivity index (χ1) is 8.78. The van der Waals surface area contributed by atoms with Crippen LogP contribution in [0.5, 0.6) is 0 Å².